The van der Waals surface area contributed by atoms with E-state index in [4.69, 9.17) is 6.42 Å². The predicted octanol–water partition coefficient (Wildman–Crippen LogP) is 2.41. The van der Waals surface area contributed by atoms with Gasteiger partial charge in [-0.1, -0.05) is 18.8 Å². The maximum atomic E-state index is 4.97. The van der Waals surface area contributed by atoms with Crippen LogP contribution in [0.3, 0.4) is 0 Å². The van der Waals surface area contributed by atoms with Gasteiger partial charge in [0, 0.05) is 6.42 Å². The van der Waals surface area contributed by atoms with Crippen LogP contribution in [0.2, 0.25) is 0 Å². The zero-order chi connectivity index (χ0) is 7.94. The molecule has 0 amide bonds. The molecule has 0 saturated heterocycles. The minimum absolute atomic E-state index is 0.940. The highest BCUT2D eigenvalue weighted by atomic mass is 14.2. The van der Waals surface area contributed by atoms with Gasteiger partial charge in [0.05, 0.1) is 0 Å². The van der Waals surface area contributed by atoms with Gasteiger partial charge in [-0.05, 0) is 37.0 Å². The van der Waals surface area contributed by atoms with E-state index in [2.05, 4.69) is 24.2 Å². The van der Waals surface area contributed by atoms with E-state index in [1.165, 1.54) is 25.7 Å². The predicted molar refractivity (Wildman–Crippen MR) is 47.5 cm³/mol. The monoisotopic (exact) mass is 145 g/mol. The Hall–Kier alpha value is -0.880. The highest BCUT2D eigenvalue weighted by Gasteiger charge is 2.20. The summed E-state index contributed by atoms with van der Waals surface area (Å²) >= 11 is 0. The first kappa shape index (κ1) is 8.22. The quantitative estimate of drug-likeness (QED) is 0.421. The summed E-state index contributed by atoms with van der Waals surface area (Å²) in [5.74, 6) is 8.81. The molecule has 0 aliphatic heterocycles. The van der Waals surface area contributed by atoms with Gasteiger partial charge >= 0.3 is 0 Å². The third-order valence-corrected chi connectivity index (χ3v) is 1.86. The average Bonchev–Trinajstić information content (AvgIpc) is 2.80. The van der Waals surface area contributed by atoms with Gasteiger partial charge in [-0.3, -0.25) is 0 Å². The summed E-state index contributed by atoms with van der Waals surface area (Å²) in [6, 6.07) is 0. The normalized spacial score (nSPS) is 14.8. The molecular weight excluding hydrogens is 132 g/mol. The topological polar surface area (TPSA) is 0 Å². The molecule has 1 aliphatic carbocycles. The van der Waals surface area contributed by atoms with Crippen molar-refractivity contribution in [3.63, 3.8) is 0 Å². The Labute approximate surface area is 69.4 Å². The molecule has 1 atom stereocenters. The Morgan fingerprint density at radius 3 is 2.91 bits per heavy atom. The molecule has 1 radical (unpaired) electrons. The summed E-state index contributed by atoms with van der Waals surface area (Å²) in [5.41, 5.74) is 0. The third-order valence-electron chi connectivity index (χ3n) is 1.86. The van der Waals surface area contributed by atoms with Crippen LogP contribution < -0.4 is 0 Å². The molecule has 1 saturated carbocycles. The van der Waals surface area contributed by atoms with E-state index < -0.39 is 0 Å². The first-order chi connectivity index (χ1) is 5.43. The summed E-state index contributed by atoms with van der Waals surface area (Å²) in [5, 5.41) is 0. The van der Waals surface area contributed by atoms with Crippen LogP contribution in [0.25, 0.3) is 0 Å². The Morgan fingerprint density at radius 2 is 2.27 bits per heavy atom. The van der Waals surface area contributed by atoms with Crippen LogP contribution in [0.5, 0.6) is 0 Å². The van der Waals surface area contributed by atoms with E-state index in [1.54, 1.807) is 0 Å². The molecule has 1 unspecified atom stereocenters. The molecule has 0 nitrogen and oxygen atoms in total. The van der Waals surface area contributed by atoms with Crippen LogP contribution in [0.1, 0.15) is 32.1 Å². The summed E-state index contributed by atoms with van der Waals surface area (Å²) in [4.78, 5) is 0. The van der Waals surface area contributed by atoms with E-state index in [9.17, 15) is 0 Å². The largest absolute Gasteiger partial charge is 0.106 e. The van der Waals surface area contributed by atoms with Crippen molar-refractivity contribution in [1.29, 1.82) is 0 Å². The lowest BCUT2D eigenvalue weighted by Gasteiger charge is -1.92. The third kappa shape index (κ3) is 4.51. The van der Waals surface area contributed by atoms with E-state index in [-0.39, 0.29) is 0 Å². The van der Waals surface area contributed by atoms with Crippen molar-refractivity contribution in [2.45, 2.75) is 32.1 Å². The molecule has 0 aromatic heterocycles. The molecule has 11 heavy (non-hydrogen) atoms. The van der Waals surface area contributed by atoms with Crippen molar-refractivity contribution < 1.29 is 0 Å². The first-order valence-corrected chi connectivity index (χ1v) is 4.20. The fourth-order valence-corrected chi connectivity index (χ4v) is 1.07. The smallest absolute Gasteiger partial charge is 0.00989 e. The van der Waals surface area contributed by atoms with Gasteiger partial charge in [0.25, 0.3) is 0 Å². The molecule has 0 heterocycles. The molecule has 1 fully saturated rings. The van der Waals surface area contributed by atoms with Crippen LogP contribution in [0.4, 0.5) is 0 Å². The second kappa shape index (κ2) is 4.86. The minimum atomic E-state index is 0.940. The number of terminal acetylenes is 1. The van der Waals surface area contributed by atoms with Crippen LogP contribution in [0.15, 0.2) is 0 Å². The molecular formula is C11H13. The molecule has 0 bridgehead atoms. The second-order valence-corrected chi connectivity index (χ2v) is 2.92. The van der Waals surface area contributed by atoms with Gasteiger partial charge < -0.3 is 0 Å². The van der Waals surface area contributed by atoms with Crippen molar-refractivity contribution in [2.24, 2.45) is 5.92 Å². The zero-order valence-corrected chi connectivity index (χ0v) is 6.77. The summed E-state index contributed by atoms with van der Waals surface area (Å²) < 4.78 is 0. The summed E-state index contributed by atoms with van der Waals surface area (Å²) in [6.07, 6.45) is 13.5. The van der Waals surface area contributed by atoms with Crippen molar-refractivity contribution in [3.05, 3.63) is 6.42 Å². The Morgan fingerprint density at radius 1 is 1.45 bits per heavy atom. The Kier molecular flexibility index (Phi) is 3.63. The van der Waals surface area contributed by atoms with Gasteiger partial charge in [0.2, 0.25) is 0 Å². The van der Waals surface area contributed by atoms with Gasteiger partial charge in [-0.2, -0.15) is 0 Å². The molecule has 1 aliphatic rings. The van der Waals surface area contributed by atoms with E-state index >= 15 is 0 Å². The van der Waals surface area contributed by atoms with E-state index in [0.717, 1.165) is 12.3 Å². The van der Waals surface area contributed by atoms with Crippen molar-refractivity contribution in [3.8, 4) is 24.2 Å². The lowest BCUT2D eigenvalue weighted by Crippen LogP contribution is -1.77. The molecule has 1 rings (SSSR count). The number of rotatable bonds is 4. The number of hydrogen-bond acceptors (Lipinski definition) is 0. The van der Waals surface area contributed by atoms with Gasteiger partial charge in [-0.25, -0.2) is 0 Å². The molecule has 0 heteroatoms. The minimum Gasteiger partial charge on any atom is -0.106 e. The summed E-state index contributed by atoms with van der Waals surface area (Å²) in [7, 11) is 0. The zero-order valence-electron chi connectivity index (χ0n) is 6.77. The molecule has 0 aromatic rings. The lowest BCUT2D eigenvalue weighted by atomic mass is 10.1. The Bertz CT molecular complexity index is 192. The average molecular weight is 145 g/mol. The van der Waals surface area contributed by atoms with Crippen molar-refractivity contribution in [1.82, 2.24) is 0 Å². The summed E-state index contributed by atoms with van der Waals surface area (Å²) in [6.45, 7) is 0. The maximum Gasteiger partial charge on any atom is 0.00989 e. The highest BCUT2D eigenvalue weighted by Crippen LogP contribution is 2.32. The first-order valence-electron chi connectivity index (χ1n) is 4.20. The number of hydrogen-bond donors (Lipinski definition) is 0. The van der Waals surface area contributed by atoms with Gasteiger partial charge in [0.15, 0.2) is 0 Å². The van der Waals surface area contributed by atoms with Crippen LogP contribution in [0, 0.1) is 36.5 Å². The lowest BCUT2D eigenvalue weighted by molar-refractivity contribution is 0.650. The standard InChI is InChI=1S/C11H13/c1-2-3-4-5-6-7-8-11-9-10-11/h1,9,11H,5-8,10H2. The molecule has 0 aromatic carbocycles. The number of unbranched alkanes of at least 4 members (excludes halogenated alkanes) is 2. The van der Waals surface area contributed by atoms with E-state index in [1.807, 2.05) is 0 Å². The SMILES string of the molecule is C#CC#CCCCCC1[CH]C1. The second-order valence-electron chi connectivity index (χ2n) is 2.92. The molecule has 57 valence electrons. The van der Waals surface area contributed by atoms with Gasteiger partial charge in [0.1, 0.15) is 0 Å². The fourth-order valence-electron chi connectivity index (χ4n) is 1.07. The highest BCUT2D eigenvalue weighted by molar-refractivity contribution is 5.21. The fraction of sp³-hybridized carbons (Fsp3) is 0.545. The van der Waals surface area contributed by atoms with Crippen LogP contribution in [-0.4, -0.2) is 0 Å². The van der Waals surface area contributed by atoms with Gasteiger partial charge in [-0.15, -0.1) is 6.42 Å². The Balaban J connectivity index is 1.84. The maximum absolute atomic E-state index is 4.97. The molecule has 0 spiro atoms. The van der Waals surface area contributed by atoms with Crippen molar-refractivity contribution >= 4 is 0 Å². The molecule has 0 N–H and O–H groups in total. The van der Waals surface area contributed by atoms with Crippen LogP contribution >= 0.6 is 0 Å². The van der Waals surface area contributed by atoms with E-state index in [0.29, 0.717) is 0 Å². The van der Waals surface area contributed by atoms with Crippen LogP contribution in [-0.2, 0) is 0 Å². The van der Waals surface area contributed by atoms with Crippen molar-refractivity contribution in [2.75, 3.05) is 0 Å².